The average Bonchev–Trinajstić information content (AvgIpc) is 3.00. The summed E-state index contributed by atoms with van der Waals surface area (Å²) in [7, 11) is 0. The van der Waals surface area contributed by atoms with E-state index in [9.17, 15) is 29.7 Å². The standard InChI is InChI=1S/C38H71NO6/c1-5-9-10-11-12-13-14-15-16-17-18-19-20-21-22-23-24-25-26-27-28-32-39(33(29-6-2)36(40)41,34(30-7-3)37(42)43)35(31-8-4)38(44)45/h10-11,33-35H,5-9,12-32H2,1-4H3,(H2-,40,41,42,43,44,45)/b11-10+. The maximum atomic E-state index is 12.6. The molecule has 0 aliphatic heterocycles. The molecule has 7 nitrogen and oxygen atoms in total. The lowest BCUT2D eigenvalue weighted by atomic mass is 9.91. The molecule has 0 saturated heterocycles. The van der Waals surface area contributed by atoms with Gasteiger partial charge in [0, 0.05) is 19.3 Å². The Kier molecular flexibility index (Phi) is 27.2. The summed E-state index contributed by atoms with van der Waals surface area (Å²) < 4.78 is -0.431. The fourth-order valence-electron chi connectivity index (χ4n) is 7.16. The van der Waals surface area contributed by atoms with E-state index < -0.39 is 40.5 Å². The maximum Gasteiger partial charge on any atom is 0.362 e. The molecule has 0 aromatic heterocycles. The minimum absolute atomic E-state index is 0.209. The van der Waals surface area contributed by atoms with Crippen molar-refractivity contribution in [2.45, 2.75) is 206 Å². The Morgan fingerprint density at radius 1 is 0.511 bits per heavy atom. The summed E-state index contributed by atoms with van der Waals surface area (Å²) in [6.07, 6.45) is 30.0. The van der Waals surface area contributed by atoms with Gasteiger partial charge in [0.2, 0.25) is 0 Å². The lowest BCUT2D eigenvalue weighted by molar-refractivity contribution is -0.975. The molecule has 7 heteroatoms. The van der Waals surface area contributed by atoms with Crippen LogP contribution in [0.15, 0.2) is 12.2 Å². The van der Waals surface area contributed by atoms with E-state index >= 15 is 0 Å². The van der Waals surface area contributed by atoms with E-state index in [1.165, 1.54) is 96.3 Å². The second-order valence-corrected chi connectivity index (χ2v) is 13.3. The molecule has 0 aliphatic carbocycles. The van der Waals surface area contributed by atoms with Gasteiger partial charge in [-0.3, -0.25) is 4.48 Å². The molecule has 264 valence electrons. The maximum absolute atomic E-state index is 12.6. The highest BCUT2D eigenvalue weighted by Gasteiger charge is 2.54. The first kappa shape index (κ1) is 43.1. The highest BCUT2D eigenvalue weighted by molar-refractivity contribution is 5.77. The second kappa shape index (κ2) is 28.3. The smallest absolute Gasteiger partial charge is 0.362 e. The van der Waals surface area contributed by atoms with Crippen molar-refractivity contribution in [1.82, 2.24) is 0 Å². The number of carboxylic acids is 3. The molecule has 0 bridgehead atoms. The van der Waals surface area contributed by atoms with Crippen LogP contribution >= 0.6 is 0 Å². The van der Waals surface area contributed by atoms with E-state index in [1.807, 2.05) is 20.8 Å². The molecule has 3 atom stereocenters. The number of nitrogens with zero attached hydrogens (tertiary/aromatic N) is 1. The number of quaternary nitrogens is 1. The second-order valence-electron chi connectivity index (χ2n) is 13.3. The number of hydrogen-bond acceptors (Lipinski definition) is 4. The van der Waals surface area contributed by atoms with Crippen molar-refractivity contribution in [3.05, 3.63) is 12.2 Å². The van der Waals surface area contributed by atoms with Crippen LogP contribution in [-0.4, -0.2) is 57.3 Å². The van der Waals surface area contributed by atoms with Gasteiger partial charge in [-0.05, 0) is 44.9 Å². The van der Waals surface area contributed by atoms with Crippen LogP contribution in [-0.2, 0) is 14.4 Å². The molecule has 0 amide bonds. The summed E-state index contributed by atoms with van der Waals surface area (Å²) in [4.78, 5) is 37.7. The number of carbonyl (C=O) groups excluding carboxylic acids is 1. The molecule has 0 aromatic rings. The molecule has 0 radical (unpaired) electrons. The third-order valence-corrected chi connectivity index (χ3v) is 9.56. The van der Waals surface area contributed by atoms with Gasteiger partial charge in [0.05, 0.1) is 12.5 Å². The van der Waals surface area contributed by atoms with Crippen LogP contribution in [0, 0.1) is 0 Å². The van der Waals surface area contributed by atoms with Crippen LogP contribution in [0.25, 0.3) is 0 Å². The first-order chi connectivity index (χ1) is 21.7. The largest absolute Gasteiger partial charge is 0.544 e. The summed E-state index contributed by atoms with van der Waals surface area (Å²) in [5.41, 5.74) is 0. The van der Waals surface area contributed by atoms with E-state index in [0.717, 1.165) is 19.3 Å². The summed E-state index contributed by atoms with van der Waals surface area (Å²) in [5, 5.41) is 33.1. The number of rotatable bonds is 33. The Morgan fingerprint density at radius 3 is 1.18 bits per heavy atom. The summed E-state index contributed by atoms with van der Waals surface area (Å²) >= 11 is 0. The van der Waals surface area contributed by atoms with Crippen LogP contribution in [0.4, 0.5) is 0 Å². The Bertz CT molecular complexity index is 722. The van der Waals surface area contributed by atoms with Gasteiger partial charge in [0.15, 0.2) is 12.1 Å². The molecule has 0 rings (SSSR count). The van der Waals surface area contributed by atoms with Crippen LogP contribution in [0.2, 0.25) is 0 Å². The number of aliphatic carboxylic acids is 3. The van der Waals surface area contributed by atoms with Crippen LogP contribution in [0.1, 0.15) is 188 Å². The molecule has 45 heavy (non-hydrogen) atoms. The van der Waals surface area contributed by atoms with Crippen LogP contribution in [0.3, 0.4) is 0 Å². The summed E-state index contributed by atoms with van der Waals surface area (Å²) in [5.74, 6) is -3.55. The average molecular weight is 638 g/mol. The monoisotopic (exact) mass is 638 g/mol. The van der Waals surface area contributed by atoms with Gasteiger partial charge in [0.25, 0.3) is 0 Å². The van der Waals surface area contributed by atoms with Crippen molar-refractivity contribution in [1.29, 1.82) is 0 Å². The van der Waals surface area contributed by atoms with Gasteiger partial charge in [-0.25, -0.2) is 9.59 Å². The predicted octanol–water partition coefficient (Wildman–Crippen LogP) is 9.22. The molecule has 0 fully saturated rings. The lowest BCUT2D eigenvalue weighted by Gasteiger charge is -2.52. The van der Waals surface area contributed by atoms with Gasteiger partial charge >= 0.3 is 11.9 Å². The van der Waals surface area contributed by atoms with Gasteiger partial charge in [-0.1, -0.05) is 136 Å². The Morgan fingerprint density at radius 2 is 0.844 bits per heavy atom. The normalized spacial score (nSPS) is 15.1. The summed E-state index contributed by atoms with van der Waals surface area (Å²) in [6, 6.07) is -3.32. The molecular weight excluding hydrogens is 566 g/mol. The van der Waals surface area contributed by atoms with Crippen molar-refractivity contribution in [3.63, 3.8) is 0 Å². The van der Waals surface area contributed by atoms with E-state index in [1.54, 1.807) is 0 Å². The van der Waals surface area contributed by atoms with E-state index in [-0.39, 0.29) is 25.8 Å². The number of carboxylic acid groups (broad SMARTS) is 3. The Hall–Kier alpha value is -1.89. The zero-order chi connectivity index (χ0) is 33.8. The van der Waals surface area contributed by atoms with Crippen molar-refractivity contribution in [2.24, 2.45) is 0 Å². The Balaban J connectivity index is 4.63. The molecule has 0 spiro atoms. The van der Waals surface area contributed by atoms with Crippen molar-refractivity contribution in [3.8, 4) is 0 Å². The van der Waals surface area contributed by atoms with E-state index in [0.29, 0.717) is 25.7 Å². The fourth-order valence-corrected chi connectivity index (χ4v) is 7.16. The van der Waals surface area contributed by atoms with Crippen molar-refractivity contribution in [2.75, 3.05) is 6.54 Å². The quantitative estimate of drug-likeness (QED) is 0.0421. The van der Waals surface area contributed by atoms with Crippen molar-refractivity contribution >= 4 is 17.9 Å². The van der Waals surface area contributed by atoms with Gasteiger partial charge in [0.1, 0.15) is 6.04 Å². The van der Waals surface area contributed by atoms with Crippen LogP contribution in [0.5, 0.6) is 0 Å². The fraction of sp³-hybridized carbons (Fsp3) is 0.868. The van der Waals surface area contributed by atoms with Crippen molar-refractivity contribution < 1.29 is 34.2 Å². The zero-order valence-corrected chi connectivity index (χ0v) is 29.7. The Labute approximate surface area is 276 Å². The first-order valence-electron chi connectivity index (χ1n) is 18.9. The molecular formula is C38H71NO6. The summed E-state index contributed by atoms with van der Waals surface area (Å²) in [6.45, 7) is 8.05. The number of allylic oxidation sites excluding steroid dienone is 2. The molecule has 0 aromatic carbocycles. The van der Waals surface area contributed by atoms with Crippen LogP contribution < -0.4 is 5.11 Å². The topological polar surface area (TPSA) is 115 Å². The molecule has 3 unspecified atom stereocenters. The molecule has 0 heterocycles. The predicted molar refractivity (Wildman–Crippen MR) is 184 cm³/mol. The minimum Gasteiger partial charge on any atom is -0.544 e. The highest BCUT2D eigenvalue weighted by atomic mass is 16.4. The van der Waals surface area contributed by atoms with E-state index in [2.05, 4.69) is 19.1 Å². The zero-order valence-electron chi connectivity index (χ0n) is 29.7. The molecule has 2 N–H and O–H groups in total. The molecule has 0 saturated carbocycles. The third kappa shape index (κ3) is 18.1. The van der Waals surface area contributed by atoms with E-state index in [4.69, 9.17) is 0 Å². The first-order valence-corrected chi connectivity index (χ1v) is 18.9. The minimum atomic E-state index is -1.33. The highest BCUT2D eigenvalue weighted by Crippen LogP contribution is 2.34. The van der Waals surface area contributed by atoms with Gasteiger partial charge in [-0.2, -0.15) is 0 Å². The lowest BCUT2D eigenvalue weighted by Crippen LogP contribution is -2.74. The number of carbonyl (C=O) groups is 3. The van der Waals surface area contributed by atoms with Gasteiger partial charge < -0.3 is 20.1 Å². The van der Waals surface area contributed by atoms with Gasteiger partial charge in [-0.15, -0.1) is 0 Å². The SMILES string of the molecule is CCC/C=C/CCCCCCCCCCCCCCCCCC[N+](C(CCC)C(=O)[O-])(C(CCC)C(=O)O)C(CCC)C(=O)O. The number of unbranched alkanes of at least 4 members (excludes halogenated alkanes) is 17. The molecule has 0 aliphatic rings. The third-order valence-electron chi connectivity index (χ3n) is 9.56. The number of hydrogen-bond donors (Lipinski definition) is 2.